The third kappa shape index (κ3) is 6.20. The summed E-state index contributed by atoms with van der Waals surface area (Å²) in [4.78, 5) is 23.7. The van der Waals surface area contributed by atoms with E-state index >= 15 is 0 Å². The average molecular weight is 398 g/mol. The first kappa shape index (κ1) is 20.0. The minimum atomic E-state index is -0.498. The number of amides is 3. The predicted octanol–water partition coefficient (Wildman–Crippen LogP) is 3.81. The molecule has 0 heterocycles. The number of hydrogen-bond donors (Lipinski definition) is 3. The first-order chi connectivity index (χ1) is 12.3. The summed E-state index contributed by atoms with van der Waals surface area (Å²) in [5.74, 6) is -0.703. The molecule has 2 aromatic carbocycles. The molecule has 0 aromatic heterocycles. The number of rotatable bonds is 6. The van der Waals surface area contributed by atoms with Crippen LogP contribution < -0.4 is 16.0 Å². The maximum absolute atomic E-state index is 12.8. The Kier molecular flexibility index (Phi) is 7.24. The fourth-order valence-corrected chi connectivity index (χ4v) is 2.80. The molecule has 3 N–H and O–H groups in total. The van der Waals surface area contributed by atoms with Crippen molar-refractivity contribution in [3.63, 3.8) is 0 Å². The summed E-state index contributed by atoms with van der Waals surface area (Å²) < 4.78 is 12.8. The summed E-state index contributed by atoms with van der Waals surface area (Å²) in [6.07, 6.45) is 0. The molecule has 1 atom stereocenters. The number of carbonyl (C=O) groups is 2. The largest absolute Gasteiger partial charge is 0.348 e. The Balaban J connectivity index is 1.75. The second kappa shape index (κ2) is 9.40. The number of benzene rings is 2. The zero-order valence-corrected chi connectivity index (χ0v) is 15.5. The van der Waals surface area contributed by atoms with E-state index in [2.05, 4.69) is 16.0 Å². The molecular formula is C18H18Cl2FN3O2. The van der Waals surface area contributed by atoms with Crippen molar-refractivity contribution >= 4 is 35.1 Å². The van der Waals surface area contributed by atoms with Crippen LogP contribution in [0.1, 0.15) is 24.1 Å². The number of halogens is 3. The van der Waals surface area contributed by atoms with Crippen molar-refractivity contribution in [2.45, 2.75) is 19.5 Å². The maximum Gasteiger partial charge on any atom is 0.315 e. The predicted molar refractivity (Wildman–Crippen MR) is 99.7 cm³/mol. The zero-order valence-electron chi connectivity index (χ0n) is 14.0. The van der Waals surface area contributed by atoms with Crippen LogP contribution in [0, 0.1) is 5.82 Å². The summed E-state index contributed by atoms with van der Waals surface area (Å²) in [5.41, 5.74) is 1.47. The summed E-state index contributed by atoms with van der Waals surface area (Å²) in [5, 5.41) is 8.75. The third-order valence-electron chi connectivity index (χ3n) is 3.58. The van der Waals surface area contributed by atoms with E-state index < -0.39 is 6.03 Å². The van der Waals surface area contributed by atoms with Gasteiger partial charge in [0.05, 0.1) is 12.6 Å². The van der Waals surface area contributed by atoms with Gasteiger partial charge in [-0.1, -0.05) is 41.4 Å². The minimum Gasteiger partial charge on any atom is -0.348 e. The van der Waals surface area contributed by atoms with Crippen molar-refractivity contribution in [1.29, 1.82) is 0 Å². The first-order valence-electron chi connectivity index (χ1n) is 7.85. The summed E-state index contributed by atoms with van der Waals surface area (Å²) in [7, 11) is 0. The molecule has 0 bridgehead atoms. The lowest BCUT2D eigenvalue weighted by Gasteiger charge is -2.16. The molecule has 0 aliphatic carbocycles. The molecule has 0 saturated carbocycles. The SMILES string of the molecule is C[C@H](NC(=O)CNC(=O)NCc1ccc(F)cc1)c1ccc(Cl)cc1Cl. The van der Waals surface area contributed by atoms with Crippen LogP contribution in [0.15, 0.2) is 42.5 Å². The lowest BCUT2D eigenvalue weighted by molar-refractivity contribution is -0.120. The molecule has 0 aliphatic heterocycles. The van der Waals surface area contributed by atoms with E-state index in [1.165, 1.54) is 12.1 Å². The van der Waals surface area contributed by atoms with E-state index in [0.29, 0.717) is 10.0 Å². The van der Waals surface area contributed by atoms with Gasteiger partial charge in [0.2, 0.25) is 5.91 Å². The van der Waals surface area contributed by atoms with Gasteiger partial charge in [-0.2, -0.15) is 0 Å². The lowest BCUT2D eigenvalue weighted by Crippen LogP contribution is -2.42. The summed E-state index contributed by atoms with van der Waals surface area (Å²) >= 11 is 12.0. The van der Waals surface area contributed by atoms with Crippen LogP contribution in [-0.4, -0.2) is 18.5 Å². The van der Waals surface area contributed by atoms with Crippen molar-refractivity contribution in [2.75, 3.05) is 6.54 Å². The van der Waals surface area contributed by atoms with Gasteiger partial charge in [0, 0.05) is 16.6 Å². The molecule has 138 valence electrons. The van der Waals surface area contributed by atoms with Crippen molar-refractivity contribution < 1.29 is 14.0 Å². The highest BCUT2D eigenvalue weighted by atomic mass is 35.5. The highest BCUT2D eigenvalue weighted by Crippen LogP contribution is 2.25. The van der Waals surface area contributed by atoms with Crippen LogP contribution >= 0.6 is 23.2 Å². The van der Waals surface area contributed by atoms with Crippen LogP contribution in [0.25, 0.3) is 0 Å². The molecule has 5 nitrogen and oxygen atoms in total. The van der Waals surface area contributed by atoms with Crippen LogP contribution in [0.2, 0.25) is 10.0 Å². The van der Waals surface area contributed by atoms with Crippen LogP contribution in [-0.2, 0) is 11.3 Å². The highest BCUT2D eigenvalue weighted by molar-refractivity contribution is 6.35. The number of nitrogens with one attached hydrogen (secondary N) is 3. The quantitative estimate of drug-likeness (QED) is 0.693. The molecule has 0 spiro atoms. The topological polar surface area (TPSA) is 70.2 Å². The maximum atomic E-state index is 12.8. The van der Waals surface area contributed by atoms with Gasteiger partial charge in [-0.3, -0.25) is 4.79 Å². The van der Waals surface area contributed by atoms with E-state index in [1.54, 1.807) is 37.3 Å². The Morgan fingerprint density at radius 1 is 1.08 bits per heavy atom. The number of hydrogen-bond acceptors (Lipinski definition) is 2. The molecule has 0 aliphatic rings. The molecule has 2 aromatic rings. The standard InChI is InChI=1S/C18H18Cl2FN3O2/c1-11(15-7-4-13(19)8-16(15)20)24-17(25)10-23-18(26)22-9-12-2-5-14(21)6-3-12/h2-8,11H,9-10H2,1H3,(H,24,25)(H2,22,23,26)/t11-/m0/s1. The van der Waals surface area contributed by atoms with Crippen LogP contribution in [0.4, 0.5) is 9.18 Å². The van der Waals surface area contributed by atoms with E-state index in [0.717, 1.165) is 11.1 Å². The van der Waals surface area contributed by atoms with Crippen LogP contribution in [0.5, 0.6) is 0 Å². The Hall–Kier alpha value is -2.31. The fraction of sp³-hybridized carbons (Fsp3) is 0.222. The Labute approximate surface area is 160 Å². The van der Waals surface area contributed by atoms with Gasteiger partial charge in [0.15, 0.2) is 0 Å². The fourth-order valence-electron chi connectivity index (χ4n) is 2.23. The van der Waals surface area contributed by atoms with Crippen molar-refractivity contribution in [2.24, 2.45) is 0 Å². The summed E-state index contributed by atoms with van der Waals surface area (Å²) in [6.45, 7) is 1.82. The second-order valence-corrected chi connectivity index (χ2v) is 6.46. The molecule has 0 saturated heterocycles. The van der Waals surface area contributed by atoms with Gasteiger partial charge >= 0.3 is 6.03 Å². The summed E-state index contributed by atoms with van der Waals surface area (Å²) in [6, 6.07) is 9.95. The highest BCUT2D eigenvalue weighted by Gasteiger charge is 2.13. The zero-order chi connectivity index (χ0) is 19.1. The lowest BCUT2D eigenvalue weighted by atomic mass is 10.1. The van der Waals surface area contributed by atoms with Crippen molar-refractivity contribution in [3.8, 4) is 0 Å². The van der Waals surface area contributed by atoms with E-state index in [-0.39, 0.29) is 30.9 Å². The first-order valence-corrected chi connectivity index (χ1v) is 8.61. The van der Waals surface area contributed by atoms with Gasteiger partial charge in [-0.15, -0.1) is 0 Å². The molecule has 0 radical (unpaired) electrons. The van der Waals surface area contributed by atoms with Gasteiger partial charge in [-0.05, 0) is 42.3 Å². The Morgan fingerprint density at radius 2 is 1.77 bits per heavy atom. The monoisotopic (exact) mass is 397 g/mol. The molecule has 26 heavy (non-hydrogen) atoms. The molecule has 8 heteroatoms. The Bertz CT molecular complexity index is 785. The minimum absolute atomic E-state index is 0.190. The van der Waals surface area contributed by atoms with Gasteiger partial charge in [0.25, 0.3) is 0 Å². The smallest absolute Gasteiger partial charge is 0.315 e. The van der Waals surface area contributed by atoms with Crippen LogP contribution in [0.3, 0.4) is 0 Å². The van der Waals surface area contributed by atoms with Gasteiger partial charge in [0.1, 0.15) is 5.82 Å². The van der Waals surface area contributed by atoms with E-state index in [1.807, 2.05) is 0 Å². The number of carbonyl (C=O) groups excluding carboxylic acids is 2. The second-order valence-electron chi connectivity index (χ2n) is 5.62. The van der Waals surface area contributed by atoms with Gasteiger partial charge in [-0.25, -0.2) is 9.18 Å². The molecular weight excluding hydrogens is 380 g/mol. The molecule has 2 rings (SSSR count). The van der Waals surface area contributed by atoms with E-state index in [9.17, 15) is 14.0 Å². The molecule has 0 unspecified atom stereocenters. The van der Waals surface area contributed by atoms with Crippen molar-refractivity contribution in [3.05, 3.63) is 69.5 Å². The third-order valence-corrected chi connectivity index (χ3v) is 4.14. The normalized spacial score (nSPS) is 11.5. The molecule has 0 fully saturated rings. The number of urea groups is 1. The Morgan fingerprint density at radius 3 is 2.42 bits per heavy atom. The van der Waals surface area contributed by atoms with Gasteiger partial charge < -0.3 is 16.0 Å². The molecule has 3 amide bonds. The average Bonchev–Trinajstić information content (AvgIpc) is 2.59. The van der Waals surface area contributed by atoms with Crippen molar-refractivity contribution in [1.82, 2.24) is 16.0 Å². The van der Waals surface area contributed by atoms with E-state index in [4.69, 9.17) is 23.2 Å².